The number of halogens is 2. The minimum absolute atomic E-state index is 0.0200. The predicted octanol–water partition coefficient (Wildman–Crippen LogP) is 7.26. The number of aliphatic hydroxyl groups excluding tert-OH is 1. The molecule has 0 spiro atoms. The van der Waals surface area contributed by atoms with E-state index in [9.17, 15) is 4.79 Å². The summed E-state index contributed by atoms with van der Waals surface area (Å²) >= 11 is 0. The van der Waals surface area contributed by atoms with Crippen molar-refractivity contribution in [2.45, 2.75) is 76.9 Å². The third-order valence-corrected chi connectivity index (χ3v) is 11.5. The van der Waals surface area contributed by atoms with Crippen LogP contribution in [0.1, 0.15) is 31.2 Å². The molecule has 0 bridgehead atoms. The molecule has 2 aliphatic rings. The predicted molar refractivity (Wildman–Crippen MR) is 195 cm³/mol. The number of hydrogen-bond acceptors (Lipinski definition) is 8. The zero-order chi connectivity index (χ0) is 36.1. The van der Waals surface area contributed by atoms with Gasteiger partial charge in [-0.2, -0.15) is 4.98 Å². The van der Waals surface area contributed by atoms with Gasteiger partial charge in [-0.15, -0.1) is 0 Å². The number of aromatic nitrogens is 2. The second kappa shape index (κ2) is 16.3. The fourth-order valence-corrected chi connectivity index (χ4v) is 7.54. The summed E-state index contributed by atoms with van der Waals surface area (Å²) in [5.74, 6) is -1.83. The second-order valence-electron chi connectivity index (χ2n) is 14.9. The molecule has 0 unspecified atom stereocenters. The number of rotatable bonds is 15. The highest BCUT2D eigenvalue weighted by Crippen LogP contribution is 2.36. The van der Waals surface area contributed by atoms with Crippen LogP contribution in [0.3, 0.4) is 0 Å². The summed E-state index contributed by atoms with van der Waals surface area (Å²) < 4.78 is 56.6. The summed E-state index contributed by atoms with van der Waals surface area (Å²) in [4.78, 5) is 18.9. The maximum absolute atomic E-state index is 16.3. The van der Waals surface area contributed by atoms with E-state index in [0.717, 1.165) is 36.8 Å². The van der Waals surface area contributed by atoms with Crippen molar-refractivity contribution >= 4 is 25.1 Å². The van der Waals surface area contributed by atoms with Crippen molar-refractivity contribution in [3.05, 3.63) is 71.8 Å². The van der Waals surface area contributed by atoms with Gasteiger partial charge in [-0.05, 0) is 54.0 Å². The highest BCUT2D eigenvalue weighted by molar-refractivity contribution is 6.76. The molecule has 9 nitrogen and oxygen atoms in total. The smallest absolute Gasteiger partial charge is 0.308 e. The fraction of sp³-hybridized carbons (Fsp3) is 0.487. The standard InChI is InChI=1S/C39H49F2N3O6Si/c1-47-38(46)30-13-15-31(16-14-30)50-39-42-37-34(44(39)25-48-19-20-51(2,3)4)21-33(40)35(36(37)41)29-11-9-28(10-12-29)27-7-5-26(6-8-27)22-43-23-32(24-43)49-18-17-45/h5-12,21,30-32,45H,13-20,22-25H2,1-4H3/t30-,31-. The molecular weight excluding hydrogens is 673 g/mol. The van der Waals surface area contributed by atoms with E-state index < -0.39 is 19.7 Å². The van der Waals surface area contributed by atoms with Crippen molar-refractivity contribution in [3.63, 3.8) is 0 Å². The van der Waals surface area contributed by atoms with Crippen LogP contribution in [0.2, 0.25) is 25.7 Å². The molecule has 1 saturated carbocycles. The molecule has 12 heteroatoms. The van der Waals surface area contributed by atoms with Crippen LogP contribution in [0, 0.1) is 17.6 Å². The van der Waals surface area contributed by atoms with Gasteiger partial charge in [0.1, 0.15) is 24.2 Å². The Labute approximate surface area is 299 Å². The van der Waals surface area contributed by atoms with Gasteiger partial charge in [-0.3, -0.25) is 14.3 Å². The molecule has 3 aromatic carbocycles. The van der Waals surface area contributed by atoms with Crippen LogP contribution < -0.4 is 4.74 Å². The Kier molecular flexibility index (Phi) is 11.9. The average Bonchev–Trinajstić information content (AvgIpc) is 3.44. The van der Waals surface area contributed by atoms with Crippen molar-refractivity contribution < 1.29 is 37.6 Å². The lowest BCUT2D eigenvalue weighted by Gasteiger charge is -2.38. The summed E-state index contributed by atoms with van der Waals surface area (Å²) in [5, 5.41) is 8.93. The molecule has 2 fully saturated rings. The first kappa shape index (κ1) is 37.1. The van der Waals surface area contributed by atoms with E-state index >= 15 is 8.78 Å². The maximum atomic E-state index is 16.3. The molecule has 2 heterocycles. The second-order valence-corrected chi connectivity index (χ2v) is 20.5. The van der Waals surface area contributed by atoms with Crippen molar-refractivity contribution in [1.29, 1.82) is 0 Å². The third-order valence-electron chi connectivity index (χ3n) is 9.83. The molecule has 1 N–H and O–H groups in total. The highest BCUT2D eigenvalue weighted by Gasteiger charge is 2.30. The molecule has 0 radical (unpaired) electrons. The van der Waals surface area contributed by atoms with Crippen LogP contribution in [0.15, 0.2) is 54.6 Å². The Morgan fingerprint density at radius 1 is 0.922 bits per heavy atom. The molecule has 274 valence electrons. The maximum Gasteiger partial charge on any atom is 0.308 e. The first-order chi connectivity index (χ1) is 24.5. The Morgan fingerprint density at radius 2 is 1.57 bits per heavy atom. The van der Waals surface area contributed by atoms with Gasteiger partial charge in [0.05, 0.1) is 43.4 Å². The van der Waals surface area contributed by atoms with E-state index in [1.54, 1.807) is 16.7 Å². The number of likely N-dealkylation sites (tertiary alicyclic amines) is 1. The van der Waals surface area contributed by atoms with Gasteiger partial charge >= 0.3 is 5.97 Å². The first-order valence-electron chi connectivity index (χ1n) is 17.9. The van der Waals surface area contributed by atoms with Gasteiger partial charge < -0.3 is 24.1 Å². The Morgan fingerprint density at radius 3 is 2.20 bits per heavy atom. The number of esters is 1. The average molecular weight is 722 g/mol. The zero-order valence-corrected chi connectivity index (χ0v) is 31.0. The molecule has 0 atom stereocenters. The Hall–Kier alpha value is -3.68. The number of fused-ring (bicyclic) bond motifs is 1. The number of nitrogens with zero attached hydrogens (tertiary/aromatic N) is 3. The van der Waals surface area contributed by atoms with Gasteiger partial charge in [0.2, 0.25) is 0 Å². The first-order valence-corrected chi connectivity index (χ1v) is 21.6. The lowest BCUT2D eigenvalue weighted by Crippen LogP contribution is -2.51. The number of imidazole rings is 1. The van der Waals surface area contributed by atoms with Crippen molar-refractivity contribution in [2.24, 2.45) is 5.92 Å². The molecule has 0 amide bonds. The summed E-state index contributed by atoms with van der Waals surface area (Å²) in [6.07, 6.45) is 2.45. The molecule has 1 saturated heterocycles. The monoisotopic (exact) mass is 721 g/mol. The van der Waals surface area contributed by atoms with Gasteiger partial charge in [-0.25, -0.2) is 8.78 Å². The Balaban J connectivity index is 1.19. The van der Waals surface area contributed by atoms with Gasteiger partial charge in [0.15, 0.2) is 5.82 Å². The largest absolute Gasteiger partial charge is 0.469 e. The van der Waals surface area contributed by atoms with Gasteiger partial charge in [0, 0.05) is 40.4 Å². The van der Waals surface area contributed by atoms with Crippen LogP contribution >= 0.6 is 0 Å². The van der Waals surface area contributed by atoms with Crippen LogP contribution in [0.4, 0.5) is 8.78 Å². The van der Waals surface area contributed by atoms with Crippen molar-refractivity contribution in [3.8, 4) is 28.3 Å². The van der Waals surface area contributed by atoms with E-state index in [1.165, 1.54) is 18.7 Å². The normalized spacial score (nSPS) is 18.6. The minimum atomic E-state index is -1.35. The number of carbonyl (C=O) groups excluding carboxylic acids is 1. The number of benzene rings is 3. The quantitative estimate of drug-likeness (QED) is 0.0779. The van der Waals surface area contributed by atoms with Crippen LogP contribution in [0.25, 0.3) is 33.3 Å². The molecule has 1 aliphatic carbocycles. The van der Waals surface area contributed by atoms with E-state index in [2.05, 4.69) is 53.8 Å². The van der Waals surface area contributed by atoms with E-state index in [0.29, 0.717) is 44.5 Å². The van der Waals surface area contributed by atoms with E-state index in [4.69, 9.17) is 24.1 Å². The molecule has 1 aromatic heterocycles. The number of aliphatic hydroxyl groups is 1. The third kappa shape index (κ3) is 9.04. The van der Waals surface area contributed by atoms with Crippen LogP contribution in [0.5, 0.6) is 6.01 Å². The molecule has 6 rings (SSSR count). The summed E-state index contributed by atoms with van der Waals surface area (Å²) in [6.45, 7) is 10.3. The SMILES string of the molecule is COC(=O)[C@H]1CC[C@H](Oc2nc3c(F)c(-c4ccc(-c5ccc(CN6CC(OCCO)C6)cc5)cc4)c(F)cc3n2COCC[Si](C)(C)C)CC1. The number of hydrogen-bond donors (Lipinski definition) is 1. The number of ether oxygens (including phenoxy) is 4. The molecular formula is C39H49F2N3O6Si. The number of carbonyl (C=O) groups is 1. The zero-order valence-electron chi connectivity index (χ0n) is 30.0. The van der Waals surface area contributed by atoms with E-state index in [-0.39, 0.29) is 60.0 Å². The highest BCUT2D eigenvalue weighted by atomic mass is 28.3. The molecule has 4 aromatic rings. The minimum Gasteiger partial charge on any atom is -0.469 e. The Bertz CT molecular complexity index is 1780. The van der Waals surface area contributed by atoms with Gasteiger partial charge in [-0.1, -0.05) is 68.2 Å². The fourth-order valence-electron chi connectivity index (χ4n) is 6.78. The van der Waals surface area contributed by atoms with Crippen LogP contribution in [-0.2, 0) is 32.3 Å². The molecule has 1 aliphatic heterocycles. The lowest BCUT2D eigenvalue weighted by molar-refractivity contribution is -0.147. The molecule has 51 heavy (non-hydrogen) atoms. The van der Waals surface area contributed by atoms with Gasteiger partial charge in [0.25, 0.3) is 6.01 Å². The van der Waals surface area contributed by atoms with E-state index in [1.807, 2.05) is 12.1 Å². The summed E-state index contributed by atoms with van der Waals surface area (Å²) in [6, 6.07) is 17.9. The summed E-state index contributed by atoms with van der Waals surface area (Å²) in [7, 11) is 0.0431. The number of methoxy groups -OCH3 is 1. The topological polar surface area (TPSA) is 95.3 Å². The van der Waals surface area contributed by atoms with Crippen LogP contribution in [-0.4, -0.2) is 85.8 Å². The van der Waals surface area contributed by atoms with Crippen molar-refractivity contribution in [2.75, 3.05) is 40.0 Å². The van der Waals surface area contributed by atoms with Crippen molar-refractivity contribution in [1.82, 2.24) is 14.5 Å². The summed E-state index contributed by atoms with van der Waals surface area (Å²) in [5.41, 5.74) is 3.68. The lowest BCUT2D eigenvalue weighted by atomic mass is 9.87.